The normalized spacial score (nSPS) is 11.2. The molecule has 4 aromatic carbocycles. The second-order valence-corrected chi connectivity index (χ2v) is 9.21. The van der Waals surface area contributed by atoms with Crippen molar-refractivity contribution in [1.82, 2.24) is 5.43 Å². The zero-order valence-electron chi connectivity index (χ0n) is 19.7. The highest BCUT2D eigenvalue weighted by Crippen LogP contribution is 2.30. The number of non-ortho nitro benzene ring substituents is 1. The van der Waals surface area contributed by atoms with Crippen molar-refractivity contribution in [2.75, 3.05) is 7.11 Å². The Labute approximate surface area is 215 Å². The van der Waals surface area contributed by atoms with E-state index in [-0.39, 0.29) is 5.69 Å². The SMILES string of the molecule is COc1cc(/C=N\NC(=O)c2cc3cc([N+](=O)[O-])ccc3s2)ccc1OCc1cccc2ccccc12. The first kappa shape index (κ1) is 24.0. The molecule has 37 heavy (non-hydrogen) atoms. The molecule has 5 rings (SSSR count). The van der Waals surface area contributed by atoms with Crippen LogP contribution in [-0.2, 0) is 6.61 Å². The summed E-state index contributed by atoms with van der Waals surface area (Å²) in [4.78, 5) is 23.4. The Kier molecular flexibility index (Phi) is 6.78. The first-order valence-electron chi connectivity index (χ1n) is 11.3. The Hall–Kier alpha value is -4.76. The minimum absolute atomic E-state index is 0.0197. The molecule has 0 unspecified atom stereocenters. The minimum Gasteiger partial charge on any atom is -0.493 e. The van der Waals surface area contributed by atoms with Crippen molar-refractivity contribution < 1.29 is 19.2 Å². The quantitative estimate of drug-likeness (QED) is 0.149. The van der Waals surface area contributed by atoms with Crippen molar-refractivity contribution in [2.24, 2.45) is 5.10 Å². The molecular weight excluding hydrogens is 490 g/mol. The lowest BCUT2D eigenvalue weighted by Gasteiger charge is -2.12. The highest BCUT2D eigenvalue weighted by Gasteiger charge is 2.13. The van der Waals surface area contributed by atoms with Crippen molar-refractivity contribution in [1.29, 1.82) is 0 Å². The lowest BCUT2D eigenvalue weighted by atomic mass is 10.1. The van der Waals surface area contributed by atoms with Crippen molar-refractivity contribution in [3.8, 4) is 11.5 Å². The number of thiophene rings is 1. The second kappa shape index (κ2) is 10.5. The number of nitrogens with one attached hydrogen (secondary N) is 1. The molecule has 0 radical (unpaired) electrons. The monoisotopic (exact) mass is 511 g/mol. The molecule has 1 amide bonds. The molecule has 0 atom stereocenters. The first-order valence-corrected chi connectivity index (χ1v) is 12.1. The number of benzene rings is 4. The van der Waals surface area contributed by atoms with Crippen molar-refractivity contribution in [3.63, 3.8) is 0 Å². The van der Waals surface area contributed by atoms with Crippen LogP contribution in [0.3, 0.4) is 0 Å². The van der Waals surface area contributed by atoms with Crippen LogP contribution in [0.1, 0.15) is 20.8 Å². The number of nitro benzene ring substituents is 1. The summed E-state index contributed by atoms with van der Waals surface area (Å²) in [5.41, 5.74) is 4.26. The van der Waals surface area contributed by atoms with Crippen LogP contribution in [0.5, 0.6) is 11.5 Å². The van der Waals surface area contributed by atoms with Crippen LogP contribution in [0.15, 0.2) is 90.0 Å². The Bertz CT molecular complexity index is 1660. The lowest BCUT2D eigenvalue weighted by Crippen LogP contribution is -2.16. The third-order valence-corrected chi connectivity index (χ3v) is 6.88. The van der Waals surface area contributed by atoms with Gasteiger partial charge in [-0.05, 0) is 52.2 Å². The second-order valence-electron chi connectivity index (χ2n) is 8.13. The fourth-order valence-electron chi connectivity index (χ4n) is 3.93. The van der Waals surface area contributed by atoms with E-state index in [4.69, 9.17) is 9.47 Å². The summed E-state index contributed by atoms with van der Waals surface area (Å²) in [6.07, 6.45) is 1.51. The number of fused-ring (bicyclic) bond motifs is 2. The van der Waals surface area contributed by atoms with Crippen molar-refractivity contribution >= 4 is 50.0 Å². The number of carbonyl (C=O) groups excluding carboxylic acids is 1. The maximum atomic E-state index is 12.5. The van der Waals surface area contributed by atoms with Crippen LogP contribution < -0.4 is 14.9 Å². The maximum Gasteiger partial charge on any atom is 0.281 e. The van der Waals surface area contributed by atoms with Gasteiger partial charge in [-0.15, -0.1) is 11.3 Å². The molecule has 0 fully saturated rings. The Morgan fingerprint density at radius 1 is 1.00 bits per heavy atom. The fourth-order valence-corrected chi connectivity index (χ4v) is 4.87. The number of amides is 1. The molecule has 1 heterocycles. The zero-order valence-corrected chi connectivity index (χ0v) is 20.5. The van der Waals surface area contributed by atoms with Gasteiger partial charge in [0.2, 0.25) is 0 Å². The molecule has 1 N–H and O–H groups in total. The minimum atomic E-state index is -0.463. The summed E-state index contributed by atoms with van der Waals surface area (Å²) >= 11 is 1.24. The van der Waals surface area contributed by atoms with Gasteiger partial charge in [0, 0.05) is 22.2 Å². The standard InChI is InChI=1S/C28H21N3O5S/c1-35-25-13-18(9-11-24(25)36-17-20-7-4-6-19-5-2-3-8-23(19)20)16-29-30-28(32)27-15-21-14-22(31(33)34)10-12-26(21)37-27/h2-16H,17H2,1H3,(H,30,32)/b29-16-. The molecule has 5 aromatic rings. The summed E-state index contributed by atoms with van der Waals surface area (Å²) in [6, 6.07) is 25.8. The maximum absolute atomic E-state index is 12.5. The number of carbonyl (C=O) groups is 1. The van der Waals surface area contributed by atoms with Gasteiger partial charge in [0.15, 0.2) is 11.5 Å². The highest BCUT2D eigenvalue weighted by molar-refractivity contribution is 7.20. The van der Waals surface area contributed by atoms with Crippen LogP contribution in [0.25, 0.3) is 20.9 Å². The van der Waals surface area contributed by atoms with Gasteiger partial charge in [-0.1, -0.05) is 42.5 Å². The summed E-state index contributed by atoms with van der Waals surface area (Å²) in [5.74, 6) is 0.736. The summed E-state index contributed by atoms with van der Waals surface area (Å²) in [5, 5.41) is 17.9. The largest absolute Gasteiger partial charge is 0.493 e. The number of rotatable bonds is 8. The van der Waals surface area contributed by atoms with Gasteiger partial charge in [-0.25, -0.2) is 5.43 Å². The number of methoxy groups -OCH3 is 1. The summed E-state index contributed by atoms with van der Waals surface area (Å²) < 4.78 is 12.3. The van der Waals surface area contributed by atoms with Gasteiger partial charge in [-0.3, -0.25) is 14.9 Å². The van der Waals surface area contributed by atoms with Crippen LogP contribution in [0.2, 0.25) is 0 Å². The van der Waals surface area contributed by atoms with E-state index in [0.717, 1.165) is 21.0 Å². The molecule has 0 aliphatic rings. The van der Waals surface area contributed by atoms with Gasteiger partial charge in [0.25, 0.3) is 11.6 Å². The molecule has 0 bridgehead atoms. The molecule has 8 nitrogen and oxygen atoms in total. The Balaban J connectivity index is 1.25. The van der Waals surface area contributed by atoms with Gasteiger partial charge in [-0.2, -0.15) is 5.10 Å². The molecular formula is C28H21N3O5S. The van der Waals surface area contributed by atoms with Crippen LogP contribution in [0.4, 0.5) is 5.69 Å². The Morgan fingerprint density at radius 3 is 2.68 bits per heavy atom. The number of hydrogen-bond acceptors (Lipinski definition) is 7. The van der Waals surface area contributed by atoms with Crippen molar-refractivity contribution in [2.45, 2.75) is 6.61 Å². The predicted octanol–water partition coefficient (Wildman–Crippen LogP) is 6.31. The number of hydrazone groups is 1. The van der Waals surface area contributed by atoms with Gasteiger partial charge < -0.3 is 9.47 Å². The smallest absolute Gasteiger partial charge is 0.281 e. The van der Waals surface area contributed by atoms with E-state index in [0.29, 0.717) is 33.9 Å². The van der Waals surface area contributed by atoms with Crippen LogP contribution >= 0.6 is 11.3 Å². The van der Waals surface area contributed by atoms with Crippen LogP contribution in [0, 0.1) is 10.1 Å². The number of hydrogen-bond donors (Lipinski definition) is 1. The first-order chi connectivity index (χ1) is 18.0. The fraction of sp³-hybridized carbons (Fsp3) is 0.0714. The highest BCUT2D eigenvalue weighted by atomic mass is 32.1. The predicted molar refractivity (Wildman–Crippen MR) is 145 cm³/mol. The van der Waals surface area contributed by atoms with E-state index < -0.39 is 10.8 Å². The molecule has 0 aliphatic heterocycles. The average molecular weight is 512 g/mol. The molecule has 9 heteroatoms. The van der Waals surface area contributed by atoms with E-state index in [1.165, 1.54) is 29.7 Å². The molecule has 1 aromatic heterocycles. The molecule has 0 aliphatic carbocycles. The van der Waals surface area contributed by atoms with Crippen molar-refractivity contribution in [3.05, 3.63) is 111 Å². The van der Waals surface area contributed by atoms with Gasteiger partial charge in [0.1, 0.15) is 6.61 Å². The summed E-state index contributed by atoms with van der Waals surface area (Å²) in [7, 11) is 1.56. The molecule has 0 saturated heterocycles. The lowest BCUT2D eigenvalue weighted by molar-refractivity contribution is -0.384. The number of ether oxygens (including phenoxy) is 2. The van der Waals surface area contributed by atoms with E-state index in [1.54, 1.807) is 31.4 Å². The van der Waals surface area contributed by atoms with Gasteiger partial charge in [0.05, 0.1) is 23.1 Å². The Morgan fingerprint density at radius 2 is 1.84 bits per heavy atom. The number of nitrogens with zero attached hydrogens (tertiary/aromatic N) is 2. The van der Waals surface area contributed by atoms with E-state index in [9.17, 15) is 14.9 Å². The van der Waals surface area contributed by atoms with E-state index in [1.807, 2.05) is 30.3 Å². The third kappa shape index (κ3) is 5.26. The third-order valence-electron chi connectivity index (χ3n) is 5.77. The van der Waals surface area contributed by atoms with E-state index >= 15 is 0 Å². The van der Waals surface area contributed by atoms with Gasteiger partial charge >= 0.3 is 0 Å². The van der Waals surface area contributed by atoms with E-state index in [2.05, 4.69) is 28.7 Å². The molecule has 184 valence electrons. The number of nitro groups is 1. The topological polar surface area (TPSA) is 103 Å². The molecule has 0 saturated carbocycles. The average Bonchev–Trinajstić information content (AvgIpc) is 3.36. The van der Waals surface area contributed by atoms with Crippen LogP contribution in [-0.4, -0.2) is 24.2 Å². The zero-order chi connectivity index (χ0) is 25.8. The summed E-state index contributed by atoms with van der Waals surface area (Å²) in [6.45, 7) is 0.388. The molecule has 0 spiro atoms.